The van der Waals surface area contributed by atoms with E-state index in [0.717, 1.165) is 97.5 Å². The Balaban J connectivity index is 1.04. The van der Waals surface area contributed by atoms with Gasteiger partial charge in [0.25, 0.3) is 0 Å². The quantitative estimate of drug-likeness (QED) is 0.107. The van der Waals surface area contributed by atoms with Crippen LogP contribution in [-0.4, -0.2) is 0 Å². The molecule has 0 nitrogen and oxygen atoms in total. The van der Waals surface area contributed by atoms with Crippen molar-refractivity contribution in [3.8, 4) is 22.3 Å². The third-order valence-electron chi connectivity index (χ3n) is 14.5. The Kier molecular flexibility index (Phi) is 4.60. The Morgan fingerprint density at radius 3 is 1.40 bits per heavy atom. The summed E-state index contributed by atoms with van der Waals surface area (Å²) in [6.45, 7) is 0. The normalized spacial score (nSPS) is 13.3. The lowest BCUT2D eigenvalue weighted by Crippen LogP contribution is -1.93. The van der Waals surface area contributed by atoms with E-state index < -0.39 is 0 Å². The van der Waals surface area contributed by atoms with Crippen LogP contribution in [0.2, 0.25) is 0 Å². The number of fused-ring (bicyclic) bond motifs is 14. The molecule has 0 unspecified atom stereocenters. The minimum Gasteiger partial charge on any atom is -0.206 e. The van der Waals surface area contributed by atoms with Crippen LogP contribution in [0.4, 0.5) is 8.78 Å². The van der Waals surface area contributed by atoms with Crippen LogP contribution in [0.25, 0.3) is 162 Å². The van der Waals surface area contributed by atoms with Gasteiger partial charge in [-0.15, -0.1) is 0 Å². The highest BCUT2D eigenvalue weighted by Crippen LogP contribution is 2.56. The van der Waals surface area contributed by atoms with E-state index >= 15 is 8.78 Å². The van der Waals surface area contributed by atoms with Gasteiger partial charge in [0.15, 0.2) is 0 Å². The summed E-state index contributed by atoms with van der Waals surface area (Å²) >= 11 is 0. The van der Waals surface area contributed by atoms with E-state index in [1.165, 1.54) is 48.5 Å². The van der Waals surface area contributed by atoms with Crippen molar-refractivity contribution in [2.24, 2.45) is 0 Å². The van der Waals surface area contributed by atoms with Gasteiger partial charge in [0.2, 0.25) is 0 Å². The first kappa shape index (κ1) is 28.9. The standard InChI is InChI=1S/C56H24F2/c57-46-24-45-43-23-41-29-10-4-7-25-6-3-9-28(47(25)29)40(41)22-42(43)36-15-14-35-34-12-11-30-31-13-16-37-44-21-26-5-1-2-8-27(26)56(58)53(44)38-19-17-32(49(31)51(37)38)33-18-20-39(50(34)48(30)33)54(46)55(35)52(36)45/h1-24H. The SMILES string of the molecule is Fc1c2c(cc3ccccc13)-c1ccc3c4ccc5c6ccc7c8cc9c(cc8c8cc(F)c(c%10ccc(c%11ccc-2c1c3%11)c4c5%10)c6c78)c1cccc2cccc9c21. The first-order chi connectivity index (χ1) is 28.6. The van der Waals surface area contributed by atoms with Crippen molar-refractivity contribution < 1.29 is 8.78 Å². The Morgan fingerprint density at radius 2 is 0.707 bits per heavy atom. The van der Waals surface area contributed by atoms with Crippen molar-refractivity contribution in [2.75, 3.05) is 0 Å². The molecule has 0 saturated carbocycles. The van der Waals surface area contributed by atoms with Gasteiger partial charge in [0.05, 0.1) is 0 Å². The van der Waals surface area contributed by atoms with Gasteiger partial charge in [-0.2, -0.15) is 0 Å². The fraction of sp³-hybridized carbons (Fsp3) is 0. The maximum atomic E-state index is 17.2. The van der Waals surface area contributed by atoms with Crippen molar-refractivity contribution in [1.82, 2.24) is 0 Å². The molecule has 0 spiro atoms. The summed E-state index contributed by atoms with van der Waals surface area (Å²) in [4.78, 5) is 0. The minimum atomic E-state index is -0.184. The lowest BCUT2D eigenvalue weighted by Gasteiger charge is -2.20. The van der Waals surface area contributed by atoms with Crippen LogP contribution in [0.3, 0.4) is 0 Å². The van der Waals surface area contributed by atoms with Gasteiger partial charge in [0, 0.05) is 21.7 Å². The zero-order valence-electron chi connectivity index (χ0n) is 30.6. The van der Waals surface area contributed by atoms with Crippen LogP contribution < -0.4 is 0 Å². The number of hydrogen-bond acceptors (Lipinski definition) is 0. The Labute approximate surface area is 327 Å². The second kappa shape index (κ2) is 9.23. The van der Waals surface area contributed by atoms with E-state index in [2.05, 4.69) is 115 Å². The number of halogens is 2. The molecule has 2 heteroatoms. The molecular weight excluding hydrogens is 711 g/mol. The molecule has 0 atom stereocenters. The monoisotopic (exact) mass is 734 g/mol. The molecule has 0 bridgehead atoms. The number of rotatable bonds is 0. The van der Waals surface area contributed by atoms with E-state index in [1.54, 1.807) is 6.07 Å². The van der Waals surface area contributed by atoms with Gasteiger partial charge in [-0.25, -0.2) is 8.78 Å². The molecule has 0 aromatic heterocycles. The fourth-order valence-corrected chi connectivity index (χ4v) is 12.3. The average Bonchev–Trinajstić information content (AvgIpc) is 3.88. The van der Waals surface area contributed by atoms with Crippen LogP contribution >= 0.6 is 0 Å². The van der Waals surface area contributed by atoms with Crippen molar-refractivity contribution in [3.05, 3.63) is 157 Å². The molecule has 0 aliphatic heterocycles. The summed E-state index contributed by atoms with van der Waals surface area (Å²) < 4.78 is 33.7. The van der Waals surface area contributed by atoms with Gasteiger partial charge in [-0.3, -0.25) is 0 Å². The molecule has 262 valence electrons. The third kappa shape index (κ3) is 2.97. The van der Waals surface area contributed by atoms with E-state index in [4.69, 9.17) is 0 Å². The highest BCUT2D eigenvalue weighted by Gasteiger charge is 2.30. The van der Waals surface area contributed by atoms with Crippen molar-refractivity contribution in [2.45, 2.75) is 0 Å². The smallest absolute Gasteiger partial charge is 0.139 e. The minimum absolute atomic E-state index is 0.156. The van der Waals surface area contributed by atoms with Crippen LogP contribution in [0, 0.1) is 11.6 Å². The number of hydrogen-bond donors (Lipinski definition) is 0. The van der Waals surface area contributed by atoms with Crippen molar-refractivity contribution in [1.29, 1.82) is 0 Å². The van der Waals surface area contributed by atoms with Crippen LogP contribution in [0.15, 0.2) is 146 Å². The summed E-state index contributed by atoms with van der Waals surface area (Å²) in [5.74, 6) is -0.340. The van der Waals surface area contributed by atoms with E-state index in [9.17, 15) is 0 Å². The molecule has 0 fully saturated rings. The summed E-state index contributed by atoms with van der Waals surface area (Å²) in [6.07, 6.45) is 0. The fourth-order valence-electron chi connectivity index (χ4n) is 12.3. The zero-order valence-corrected chi connectivity index (χ0v) is 30.6. The molecule has 0 heterocycles. The van der Waals surface area contributed by atoms with E-state index in [1.807, 2.05) is 24.3 Å². The van der Waals surface area contributed by atoms with Crippen LogP contribution in [0.1, 0.15) is 0 Å². The van der Waals surface area contributed by atoms with Gasteiger partial charge in [-0.1, -0.05) is 121 Å². The summed E-state index contributed by atoms with van der Waals surface area (Å²) in [5, 5.41) is 28.7. The summed E-state index contributed by atoms with van der Waals surface area (Å²) in [5.41, 5.74) is 3.68. The number of benzene rings is 13. The molecule has 58 heavy (non-hydrogen) atoms. The van der Waals surface area contributed by atoms with Gasteiger partial charge < -0.3 is 0 Å². The maximum absolute atomic E-state index is 17.2. The molecule has 0 N–H and O–H groups in total. The van der Waals surface area contributed by atoms with Crippen molar-refractivity contribution >= 4 is 140 Å². The van der Waals surface area contributed by atoms with Crippen LogP contribution in [0.5, 0.6) is 0 Å². The van der Waals surface area contributed by atoms with E-state index in [-0.39, 0.29) is 11.6 Å². The largest absolute Gasteiger partial charge is 0.206 e. The molecule has 15 aromatic rings. The summed E-state index contributed by atoms with van der Waals surface area (Å²) in [6, 6.07) is 51.7. The molecule has 1 aliphatic rings. The Hall–Kier alpha value is -7.42. The topological polar surface area (TPSA) is 0 Å². The first-order valence-electron chi connectivity index (χ1n) is 20.1. The van der Waals surface area contributed by atoms with Crippen molar-refractivity contribution in [3.63, 3.8) is 0 Å². The average molecular weight is 735 g/mol. The van der Waals surface area contributed by atoms with Gasteiger partial charge in [0.1, 0.15) is 11.6 Å². The van der Waals surface area contributed by atoms with Gasteiger partial charge >= 0.3 is 0 Å². The molecular formula is C56H24F2. The molecule has 16 rings (SSSR count). The van der Waals surface area contributed by atoms with E-state index in [0.29, 0.717) is 16.3 Å². The summed E-state index contributed by atoms with van der Waals surface area (Å²) in [7, 11) is 0. The maximum Gasteiger partial charge on any atom is 0.139 e. The third-order valence-corrected chi connectivity index (χ3v) is 14.5. The highest BCUT2D eigenvalue weighted by molar-refractivity contribution is 6.47. The molecule has 15 aromatic carbocycles. The second-order valence-corrected chi connectivity index (χ2v) is 16.8. The predicted octanol–water partition coefficient (Wildman–Crippen LogP) is 16.4. The lowest BCUT2D eigenvalue weighted by molar-refractivity contribution is 0.642. The second-order valence-electron chi connectivity index (χ2n) is 16.8. The predicted molar refractivity (Wildman–Crippen MR) is 243 cm³/mol. The lowest BCUT2D eigenvalue weighted by atomic mass is 9.83. The Morgan fingerprint density at radius 1 is 0.241 bits per heavy atom. The molecule has 1 aliphatic carbocycles. The van der Waals surface area contributed by atoms with Crippen LogP contribution in [-0.2, 0) is 0 Å². The van der Waals surface area contributed by atoms with Gasteiger partial charge in [-0.05, 0) is 165 Å². The first-order valence-corrected chi connectivity index (χ1v) is 20.1. The highest BCUT2D eigenvalue weighted by atomic mass is 19.1. The molecule has 0 amide bonds. The molecule has 0 saturated heterocycles. The molecule has 0 radical (unpaired) electrons. The zero-order chi connectivity index (χ0) is 37.4. The Bertz CT molecular complexity index is 4410.